The molecule has 3 aromatic carbocycles. The summed E-state index contributed by atoms with van der Waals surface area (Å²) < 4.78 is 0. The maximum Gasteiger partial charge on any atom is 0.336 e. The minimum Gasteiger partial charge on any atom is -0.478 e. The summed E-state index contributed by atoms with van der Waals surface area (Å²) in [5, 5.41) is 17.2. The lowest BCUT2D eigenvalue weighted by Gasteiger charge is -2.12. The topological polar surface area (TPSA) is 87.1 Å². The molecule has 0 spiro atoms. The number of aromatic carboxylic acids is 1. The number of carboxylic acids is 1. The number of rotatable bonds is 9. The predicted molar refractivity (Wildman–Crippen MR) is 129 cm³/mol. The van der Waals surface area contributed by atoms with Crippen molar-refractivity contribution in [1.82, 2.24) is 9.97 Å². The fourth-order valence-corrected chi connectivity index (χ4v) is 3.58. The zero-order valence-electron chi connectivity index (χ0n) is 18.0. The highest BCUT2D eigenvalue weighted by molar-refractivity contribution is 5.96. The normalized spacial score (nSPS) is 10.8. The number of aromatic nitrogens is 2. The van der Waals surface area contributed by atoms with Gasteiger partial charge in [0.25, 0.3) is 0 Å². The smallest absolute Gasteiger partial charge is 0.336 e. The number of hydrogen-bond donors (Lipinski definition) is 3. The summed E-state index contributed by atoms with van der Waals surface area (Å²) in [4.78, 5) is 20.8. The highest BCUT2D eigenvalue weighted by atomic mass is 16.4. The molecular weight excluding hydrogens is 400 g/mol. The number of anilines is 2. The second-order valence-corrected chi connectivity index (χ2v) is 7.59. The van der Waals surface area contributed by atoms with Crippen LogP contribution in [-0.2, 0) is 6.54 Å². The molecule has 0 unspecified atom stereocenters. The molecule has 3 N–H and O–H groups in total. The molecule has 4 aromatic rings. The average Bonchev–Trinajstić information content (AvgIpc) is 2.83. The third kappa shape index (κ3) is 4.86. The van der Waals surface area contributed by atoms with Gasteiger partial charge in [-0.25, -0.2) is 9.78 Å². The number of para-hydroxylation sites is 1. The zero-order valence-corrected chi connectivity index (χ0v) is 18.0. The molecule has 1 heterocycles. The van der Waals surface area contributed by atoms with E-state index in [-0.39, 0.29) is 0 Å². The third-order valence-corrected chi connectivity index (χ3v) is 5.30. The molecule has 0 fully saturated rings. The lowest BCUT2D eigenvalue weighted by Crippen LogP contribution is -2.09. The monoisotopic (exact) mass is 426 g/mol. The van der Waals surface area contributed by atoms with E-state index in [9.17, 15) is 9.90 Å². The van der Waals surface area contributed by atoms with Crippen LogP contribution in [0, 0.1) is 0 Å². The Morgan fingerprint density at radius 2 is 1.66 bits per heavy atom. The lowest BCUT2D eigenvalue weighted by atomic mass is 9.99. The van der Waals surface area contributed by atoms with Crippen LogP contribution in [0.2, 0.25) is 0 Å². The van der Waals surface area contributed by atoms with Crippen molar-refractivity contribution in [3.63, 3.8) is 0 Å². The highest BCUT2D eigenvalue weighted by Gasteiger charge is 2.11. The Morgan fingerprint density at radius 1 is 0.906 bits per heavy atom. The Kier molecular flexibility index (Phi) is 6.60. The molecule has 0 bridgehead atoms. The maximum atomic E-state index is 11.5. The Morgan fingerprint density at radius 3 is 2.44 bits per heavy atom. The van der Waals surface area contributed by atoms with Crippen molar-refractivity contribution in [3.8, 4) is 11.1 Å². The predicted octanol–water partition coefficient (Wildman–Crippen LogP) is 5.82. The van der Waals surface area contributed by atoms with Crippen LogP contribution < -0.4 is 10.6 Å². The van der Waals surface area contributed by atoms with Crippen LogP contribution in [0.1, 0.15) is 35.7 Å². The van der Waals surface area contributed by atoms with Crippen molar-refractivity contribution in [2.24, 2.45) is 0 Å². The van der Waals surface area contributed by atoms with Crippen molar-refractivity contribution in [3.05, 3.63) is 83.9 Å². The summed E-state index contributed by atoms with van der Waals surface area (Å²) in [6.45, 7) is 3.59. The molecule has 162 valence electrons. The van der Waals surface area contributed by atoms with E-state index in [0.717, 1.165) is 47.2 Å². The first-order valence-corrected chi connectivity index (χ1v) is 10.8. The molecule has 0 atom stereocenters. The second kappa shape index (κ2) is 9.92. The minimum atomic E-state index is -0.926. The number of nitrogens with one attached hydrogen (secondary N) is 2. The Hall–Kier alpha value is -3.93. The number of benzene rings is 3. The fourth-order valence-electron chi connectivity index (χ4n) is 3.58. The first-order chi connectivity index (χ1) is 15.7. The number of unbranched alkanes of at least 4 members (excludes halogenated alkanes) is 1. The van der Waals surface area contributed by atoms with Crippen LogP contribution in [0.5, 0.6) is 0 Å². The van der Waals surface area contributed by atoms with E-state index >= 15 is 0 Å². The number of carboxylic acid groups (broad SMARTS) is 1. The Labute approximate surface area is 187 Å². The van der Waals surface area contributed by atoms with Gasteiger partial charge in [-0.2, -0.15) is 4.98 Å². The molecule has 0 aliphatic heterocycles. The molecule has 0 amide bonds. The molecule has 6 nitrogen and oxygen atoms in total. The van der Waals surface area contributed by atoms with E-state index in [1.165, 1.54) is 0 Å². The average molecular weight is 427 g/mol. The number of hydrogen-bond acceptors (Lipinski definition) is 5. The minimum absolute atomic E-state index is 0.300. The summed E-state index contributed by atoms with van der Waals surface area (Å²) in [5.74, 6) is 0.487. The molecule has 4 rings (SSSR count). The van der Waals surface area contributed by atoms with Gasteiger partial charge in [0.2, 0.25) is 5.95 Å². The summed E-state index contributed by atoms with van der Waals surface area (Å²) in [6.07, 6.45) is 2.18. The standard InChI is InChI=1S/C26H26N4O2/c1-2-3-16-27-26-29-23-11-7-6-10-22(23)24(30-26)28-17-18-12-14-19(15-13-18)20-8-4-5-9-21(20)25(31)32/h4-15H,2-3,16-17H2,1H3,(H,31,32)(H2,27,28,29,30). The van der Waals surface area contributed by atoms with E-state index < -0.39 is 5.97 Å². The summed E-state index contributed by atoms with van der Waals surface area (Å²) in [6, 6.07) is 22.9. The van der Waals surface area contributed by atoms with Gasteiger partial charge < -0.3 is 15.7 Å². The van der Waals surface area contributed by atoms with E-state index in [4.69, 9.17) is 0 Å². The summed E-state index contributed by atoms with van der Waals surface area (Å²) in [5.41, 5.74) is 3.86. The van der Waals surface area contributed by atoms with Gasteiger partial charge in [0, 0.05) is 18.5 Å². The van der Waals surface area contributed by atoms with Gasteiger partial charge in [-0.1, -0.05) is 67.9 Å². The SMILES string of the molecule is CCCCNc1nc(NCc2ccc(-c3ccccc3C(=O)O)cc2)c2ccccc2n1. The zero-order chi connectivity index (χ0) is 22.3. The third-order valence-electron chi connectivity index (χ3n) is 5.30. The van der Waals surface area contributed by atoms with Crippen LogP contribution in [0.15, 0.2) is 72.8 Å². The molecule has 0 saturated heterocycles. The number of carbonyl (C=O) groups is 1. The Bertz CT molecular complexity index is 1220. The van der Waals surface area contributed by atoms with Gasteiger partial charge in [0.1, 0.15) is 5.82 Å². The van der Waals surface area contributed by atoms with E-state index in [2.05, 4.69) is 27.5 Å². The lowest BCUT2D eigenvalue weighted by molar-refractivity contribution is 0.0697. The van der Waals surface area contributed by atoms with E-state index in [1.54, 1.807) is 12.1 Å². The molecule has 0 aliphatic rings. The molecule has 1 aromatic heterocycles. The Balaban J connectivity index is 1.53. The van der Waals surface area contributed by atoms with Crippen LogP contribution >= 0.6 is 0 Å². The van der Waals surface area contributed by atoms with Gasteiger partial charge in [-0.3, -0.25) is 0 Å². The van der Waals surface area contributed by atoms with Crippen LogP contribution in [0.4, 0.5) is 11.8 Å². The molecule has 0 aliphatic carbocycles. The first-order valence-electron chi connectivity index (χ1n) is 10.8. The quantitative estimate of drug-likeness (QED) is 0.292. The van der Waals surface area contributed by atoms with Gasteiger partial charge in [-0.05, 0) is 41.3 Å². The summed E-state index contributed by atoms with van der Waals surface area (Å²) in [7, 11) is 0. The molecule has 6 heteroatoms. The van der Waals surface area contributed by atoms with Crippen LogP contribution in [0.25, 0.3) is 22.0 Å². The van der Waals surface area contributed by atoms with Gasteiger partial charge >= 0.3 is 5.97 Å². The van der Waals surface area contributed by atoms with Crippen molar-refractivity contribution in [2.45, 2.75) is 26.3 Å². The summed E-state index contributed by atoms with van der Waals surface area (Å²) >= 11 is 0. The van der Waals surface area contributed by atoms with Crippen molar-refractivity contribution < 1.29 is 9.90 Å². The number of fused-ring (bicyclic) bond motifs is 1. The van der Waals surface area contributed by atoms with E-state index in [0.29, 0.717) is 23.6 Å². The fraction of sp³-hybridized carbons (Fsp3) is 0.192. The number of nitrogens with zero attached hydrogens (tertiary/aromatic N) is 2. The van der Waals surface area contributed by atoms with Gasteiger partial charge in [-0.15, -0.1) is 0 Å². The van der Waals surface area contributed by atoms with Gasteiger partial charge in [0.05, 0.1) is 11.1 Å². The molecule has 0 radical (unpaired) electrons. The first kappa shape index (κ1) is 21.3. The van der Waals surface area contributed by atoms with Crippen molar-refractivity contribution >= 4 is 28.6 Å². The van der Waals surface area contributed by atoms with E-state index in [1.807, 2.05) is 60.7 Å². The molecular formula is C26H26N4O2. The molecule has 32 heavy (non-hydrogen) atoms. The maximum absolute atomic E-state index is 11.5. The van der Waals surface area contributed by atoms with Crippen LogP contribution in [0.3, 0.4) is 0 Å². The van der Waals surface area contributed by atoms with Crippen LogP contribution in [-0.4, -0.2) is 27.6 Å². The van der Waals surface area contributed by atoms with Crippen molar-refractivity contribution in [1.29, 1.82) is 0 Å². The van der Waals surface area contributed by atoms with Gasteiger partial charge in [0.15, 0.2) is 0 Å². The largest absolute Gasteiger partial charge is 0.478 e. The van der Waals surface area contributed by atoms with Crippen molar-refractivity contribution in [2.75, 3.05) is 17.2 Å². The highest BCUT2D eigenvalue weighted by Crippen LogP contribution is 2.25. The molecule has 0 saturated carbocycles. The second-order valence-electron chi connectivity index (χ2n) is 7.59.